The molecule has 11 amide bonds. The van der Waals surface area contributed by atoms with E-state index in [-0.39, 0.29) is 84.6 Å². The number of hydrogen-bond donors (Lipinski definition) is 7. The number of halogens is 2. The summed E-state index contributed by atoms with van der Waals surface area (Å²) in [4.78, 5) is 177. The predicted molar refractivity (Wildman–Crippen MR) is 361 cm³/mol. The van der Waals surface area contributed by atoms with Gasteiger partial charge in [-0.1, -0.05) is 48.4 Å². The van der Waals surface area contributed by atoms with Gasteiger partial charge in [0.25, 0.3) is 17.7 Å². The molecule has 31 heteroatoms. The molecular formula is C70H79ClFN15O14. The number of ether oxygens (including phenoxy) is 1. The van der Waals surface area contributed by atoms with Crippen LogP contribution in [-0.4, -0.2) is 205 Å². The van der Waals surface area contributed by atoms with Crippen LogP contribution >= 0.6 is 11.6 Å². The van der Waals surface area contributed by atoms with Crippen LogP contribution in [0.3, 0.4) is 0 Å². The van der Waals surface area contributed by atoms with Crippen molar-refractivity contribution in [2.75, 3.05) is 95.0 Å². The van der Waals surface area contributed by atoms with E-state index in [1.165, 1.54) is 18.2 Å². The summed E-state index contributed by atoms with van der Waals surface area (Å²) in [5, 5.41) is 35.7. The normalized spacial score (nSPS) is 19.7. The number of anilines is 2. The van der Waals surface area contributed by atoms with Crippen LogP contribution in [-0.2, 0) is 54.4 Å². The van der Waals surface area contributed by atoms with Crippen LogP contribution in [0.1, 0.15) is 119 Å². The number of likely N-dealkylation sites (tertiary alicyclic amines) is 1. The molecule has 4 fully saturated rings. The Morgan fingerprint density at radius 1 is 0.653 bits per heavy atom. The van der Waals surface area contributed by atoms with Gasteiger partial charge < -0.3 is 51.8 Å². The first-order valence-electron chi connectivity index (χ1n) is 33.9. The summed E-state index contributed by atoms with van der Waals surface area (Å²) < 4.78 is 22.1. The predicted octanol–water partition coefficient (Wildman–Crippen LogP) is 1.81. The molecule has 3 atom stereocenters. The van der Waals surface area contributed by atoms with Gasteiger partial charge in [0, 0.05) is 107 Å². The first kappa shape index (κ1) is 73.2. The van der Waals surface area contributed by atoms with Gasteiger partial charge in [0.05, 0.1) is 60.4 Å². The number of carbonyl (C=O) groups is 13. The number of nitriles is 1. The number of Topliss-reactive ketones (excluding diaryl/α,β-unsaturated/α-hetero) is 2. The summed E-state index contributed by atoms with van der Waals surface area (Å²) in [5.74, 6) is -10.2. The summed E-state index contributed by atoms with van der Waals surface area (Å²) in [6.07, 6.45) is 8.25. The van der Waals surface area contributed by atoms with Gasteiger partial charge in [-0.05, 0) is 106 Å². The molecule has 5 heterocycles. The fourth-order valence-corrected chi connectivity index (χ4v) is 13.5. The summed E-state index contributed by atoms with van der Waals surface area (Å²) >= 11 is 6.17. The number of hydrogen-bond acceptors (Lipinski definition) is 20. The highest BCUT2D eigenvalue weighted by molar-refractivity contribution is 6.32. The Labute approximate surface area is 586 Å². The zero-order valence-electron chi connectivity index (χ0n) is 55.5. The molecule has 6 aliphatic rings. The molecule has 7 N–H and O–H groups in total. The van der Waals surface area contributed by atoms with Crippen molar-refractivity contribution < 1.29 is 71.5 Å². The standard InChI is InChI=1S/C70H79ClFN15O14/c71-51-32-47(13-10-44(51)35-73)101-46-14-11-45(12-15-46)79-69(99)53-17-18-56(82-81-53)85-25-22-43(23-26-85)40-83-27-29-84(30-28-83)55-34-50-49(33-52(55)72)66(96)65(67(50)97)48-16-19-64(95)87(70(48)100)41-78-60(91)37-75-59(90)38-77-68(98)54(31-42-7-3-1-4-8-42)80-61(92)39-76-58(89)36-74-57(88)9-5-2-6-24-86-62(93)20-21-63(86)94/h1,3-4,7-8,10,13,17-18,20-21,32-34,43,45-46,48,54,65H,2,5-6,9,11-12,14-16,19,22-31,36-41H2,(H,74,88)(H,75,90)(H,76,89)(H,77,98)(H,78,91)(H,79,99)(H,80,92)/t45?,46?,48?,54-,65?/m0/s1. The molecule has 10 rings (SSSR count). The van der Waals surface area contributed by atoms with Gasteiger partial charge in [-0.3, -0.25) is 77.0 Å². The number of ketones is 2. The zero-order valence-corrected chi connectivity index (χ0v) is 56.2. The van der Waals surface area contributed by atoms with E-state index in [0.717, 1.165) is 74.0 Å². The number of amides is 11. The Morgan fingerprint density at radius 3 is 1.97 bits per heavy atom. The summed E-state index contributed by atoms with van der Waals surface area (Å²) in [6, 6.07) is 20.3. The number of aromatic nitrogens is 2. The van der Waals surface area contributed by atoms with E-state index in [2.05, 4.69) is 57.2 Å². The lowest BCUT2D eigenvalue weighted by atomic mass is 9.81. The minimum atomic E-state index is -1.53. The van der Waals surface area contributed by atoms with Crippen molar-refractivity contribution in [3.8, 4) is 11.8 Å². The number of rotatable bonds is 29. The lowest BCUT2D eigenvalue weighted by molar-refractivity contribution is -0.153. The number of nitrogens with one attached hydrogen (secondary N) is 7. The molecule has 1 aromatic heterocycles. The zero-order chi connectivity index (χ0) is 71.7. The average molecular weight is 1410 g/mol. The minimum Gasteiger partial charge on any atom is -0.490 e. The van der Waals surface area contributed by atoms with Crippen molar-refractivity contribution >= 4 is 99.7 Å². The largest absolute Gasteiger partial charge is 0.490 e. The molecule has 2 aliphatic carbocycles. The number of carbonyl (C=O) groups excluding carboxylic acids is 13. The molecule has 1 saturated carbocycles. The molecule has 101 heavy (non-hydrogen) atoms. The number of imide groups is 2. The van der Waals surface area contributed by atoms with Crippen molar-refractivity contribution in [3.63, 3.8) is 0 Å². The van der Waals surface area contributed by atoms with E-state index in [9.17, 15) is 62.3 Å². The molecule has 3 saturated heterocycles. The van der Waals surface area contributed by atoms with Gasteiger partial charge in [-0.15, -0.1) is 10.2 Å². The molecule has 0 radical (unpaired) electrons. The monoisotopic (exact) mass is 1410 g/mol. The number of benzene rings is 3. The van der Waals surface area contributed by atoms with Crippen LogP contribution in [0, 0.1) is 34.9 Å². The van der Waals surface area contributed by atoms with Crippen LogP contribution < -0.4 is 51.8 Å². The molecule has 4 aliphatic heterocycles. The Morgan fingerprint density at radius 2 is 1.31 bits per heavy atom. The second kappa shape index (κ2) is 34.5. The smallest absolute Gasteiger partial charge is 0.272 e. The molecule has 4 aromatic rings. The first-order valence-corrected chi connectivity index (χ1v) is 34.3. The van der Waals surface area contributed by atoms with Crippen LogP contribution in [0.4, 0.5) is 15.9 Å². The molecule has 532 valence electrons. The van der Waals surface area contributed by atoms with Crippen molar-refractivity contribution in [2.24, 2.45) is 17.8 Å². The third kappa shape index (κ3) is 19.5. The van der Waals surface area contributed by atoms with E-state index in [0.29, 0.717) is 79.1 Å². The minimum absolute atomic E-state index is 0.0211. The quantitative estimate of drug-likeness (QED) is 0.0231. The topological polar surface area (TPSA) is 381 Å². The lowest BCUT2D eigenvalue weighted by Gasteiger charge is -2.40. The molecule has 3 aromatic carbocycles. The van der Waals surface area contributed by atoms with Crippen LogP contribution in [0.15, 0.2) is 84.9 Å². The Balaban J connectivity index is 0.609. The highest BCUT2D eigenvalue weighted by atomic mass is 35.5. The molecule has 2 unspecified atom stereocenters. The maximum atomic E-state index is 16.0. The second-order valence-electron chi connectivity index (χ2n) is 25.8. The Kier molecular flexibility index (Phi) is 25.0. The Bertz CT molecular complexity index is 3890. The maximum Gasteiger partial charge on any atom is 0.272 e. The first-order chi connectivity index (χ1) is 48.7. The number of piperidine rings is 2. The van der Waals surface area contributed by atoms with Crippen LogP contribution in [0.5, 0.6) is 5.75 Å². The van der Waals surface area contributed by atoms with Gasteiger partial charge in [0.15, 0.2) is 23.1 Å². The SMILES string of the molecule is N#Cc1ccc(OC2CCC(NC(=O)c3ccc(N4CCC(CN5CCN(c6cc7c(cc6F)C(=O)C(C6CCC(=O)N(CNC(=O)CNC(=O)CNC(=O)[C@H](Cc8ccccc8)NC(=O)CNC(=O)CNC(=O)CCCCCN8C(=O)C=CC8=O)C6=O)C7=O)CC5)CC4)nn3)CC2)cc1Cl. The third-order valence-corrected chi connectivity index (χ3v) is 19.2. The van der Waals surface area contributed by atoms with E-state index in [1.807, 2.05) is 17.0 Å². The van der Waals surface area contributed by atoms with Crippen molar-refractivity contribution in [1.82, 2.24) is 62.1 Å². The molecular weight excluding hydrogens is 1330 g/mol. The van der Waals surface area contributed by atoms with E-state index in [4.69, 9.17) is 21.6 Å². The van der Waals surface area contributed by atoms with Gasteiger partial charge in [-0.2, -0.15) is 5.26 Å². The van der Waals surface area contributed by atoms with Gasteiger partial charge in [0.1, 0.15) is 30.3 Å². The van der Waals surface area contributed by atoms with Crippen molar-refractivity contribution in [1.29, 1.82) is 5.26 Å². The lowest BCUT2D eigenvalue weighted by Crippen LogP contribution is -2.54. The number of nitrogens with zero attached hydrogens (tertiary/aromatic N) is 8. The summed E-state index contributed by atoms with van der Waals surface area (Å²) in [5.41, 5.74) is 1.23. The van der Waals surface area contributed by atoms with Gasteiger partial charge in [0.2, 0.25) is 47.3 Å². The summed E-state index contributed by atoms with van der Waals surface area (Å²) in [6.45, 7) is 1.70. The average Bonchev–Trinajstić information content (AvgIpc) is 1.61. The number of unbranched alkanes of at least 4 members (excludes halogenated alkanes) is 2. The number of piperazine rings is 1. The summed E-state index contributed by atoms with van der Waals surface area (Å²) in [7, 11) is 0. The van der Waals surface area contributed by atoms with E-state index >= 15 is 4.39 Å². The molecule has 0 spiro atoms. The third-order valence-electron chi connectivity index (χ3n) is 18.9. The van der Waals surface area contributed by atoms with Gasteiger partial charge >= 0.3 is 0 Å². The highest BCUT2D eigenvalue weighted by Crippen LogP contribution is 2.40. The number of fused-ring (bicyclic) bond motifs is 1. The fourth-order valence-electron chi connectivity index (χ4n) is 13.3. The van der Waals surface area contributed by atoms with E-state index in [1.54, 1.807) is 54.6 Å². The highest BCUT2D eigenvalue weighted by Gasteiger charge is 2.50. The van der Waals surface area contributed by atoms with Crippen LogP contribution in [0.2, 0.25) is 5.02 Å². The second-order valence-corrected chi connectivity index (χ2v) is 26.2. The van der Waals surface area contributed by atoms with Crippen LogP contribution in [0.25, 0.3) is 0 Å². The van der Waals surface area contributed by atoms with Crippen molar-refractivity contribution in [2.45, 2.75) is 102 Å². The fraction of sp³-hybridized carbons (Fsp3) is 0.457. The molecule has 0 bridgehead atoms. The maximum absolute atomic E-state index is 16.0. The van der Waals surface area contributed by atoms with E-state index < -0.39 is 115 Å². The van der Waals surface area contributed by atoms with Crippen molar-refractivity contribution in [3.05, 3.63) is 124 Å². The molecule has 29 nitrogen and oxygen atoms in total. The Hall–Kier alpha value is -10.5. The van der Waals surface area contributed by atoms with Gasteiger partial charge in [-0.25, -0.2) is 4.39 Å².